The first-order valence-electron chi connectivity index (χ1n) is 5.98. The first-order chi connectivity index (χ1) is 9.34. The van der Waals surface area contributed by atoms with Gasteiger partial charge >= 0.3 is 0 Å². The molecule has 0 saturated carbocycles. The molecule has 0 fully saturated rings. The van der Waals surface area contributed by atoms with Crippen LogP contribution in [0.1, 0.15) is 6.42 Å². The molecule has 1 atom stereocenters. The summed E-state index contributed by atoms with van der Waals surface area (Å²) in [6, 6.07) is 0. The van der Waals surface area contributed by atoms with Crippen molar-refractivity contribution in [2.75, 3.05) is 19.7 Å². The molecule has 0 aliphatic rings. The van der Waals surface area contributed by atoms with Gasteiger partial charge in [-0.05, 0) is 13.0 Å². The van der Waals surface area contributed by atoms with Gasteiger partial charge in [-0.25, -0.2) is 0 Å². The normalized spacial score (nSPS) is 12.5. The highest BCUT2D eigenvalue weighted by atomic mass is 32.1. The van der Waals surface area contributed by atoms with E-state index in [4.69, 9.17) is 4.74 Å². The molecule has 0 amide bonds. The molecule has 2 aromatic heterocycles. The van der Waals surface area contributed by atoms with Gasteiger partial charge in [0.1, 0.15) is 18.9 Å². The van der Waals surface area contributed by atoms with Gasteiger partial charge in [-0.15, -0.1) is 9.47 Å². The van der Waals surface area contributed by atoms with Gasteiger partial charge in [-0.1, -0.05) is 5.21 Å². The molecule has 0 saturated heterocycles. The van der Waals surface area contributed by atoms with Gasteiger partial charge in [0.05, 0.1) is 17.9 Å². The standard InChI is InChI=1S/C10H16N6O2S/c17-9(8-18-10-7-13-19-14-10)6-11-2-1-4-16-5-3-12-15-16/h3,5,7,9,11,17H,1-2,4,6,8H2. The molecule has 2 heterocycles. The summed E-state index contributed by atoms with van der Waals surface area (Å²) in [5.41, 5.74) is 0. The van der Waals surface area contributed by atoms with E-state index in [2.05, 4.69) is 24.4 Å². The molecule has 19 heavy (non-hydrogen) atoms. The minimum absolute atomic E-state index is 0.210. The summed E-state index contributed by atoms with van der Waals surface area (Å²) in [4.78, 5) is 0. The van der Waals surface area contributed by atoms with E-state index >= 15 is 0 Å². The van der Waals surface area contributed by atoms with E-state index in [-0.39, 0.29) is 6.61 Å². The van der Waals surface area contributed by atoms with Gasteiger partial charge in [-0.2, -0.15) is 4.37 Å². The summed E-state index contributed by atoms with van der Waals surface area (Å²) in [5.74, 6) is 0.454. The molecule has 2 aromatic rings. The number of hydrogen-bond donors (Lipinski definition) is 2. The lowest BCUT2D eigenvalue weighted by atomic mass is 10.3. The molecule has 8 nitrogen and oxygen atoms in total. The molecule has 0 aromatic carbocycles. The van der Waals surface area contributed by atoms with Crippen LogP contribution in [0.4, 0.5) is 0 Å². The van der Waals surface area contributed by atoms with Crippen LogP contribution in [0.2, 0.25) is 0 Å². The van der Waals surface area contributed by atoms with Gasteiger partial charge in [0.2, 0.25) is 5.88 Å². The van der Waals surface area contributed by atoms with Crippen LogP contribution in [0.25, 0.3) is 0 Å². The predicted octanol–water partition coefficient (Wildman–Crippen LogP) is -0.451. The highest BCUT2D eigenvalue weighted by Gasteiger charge is 2.05. The summed E-state index contributed by atoms with van der Waals surface area (Å²) in [6.45, 7) is 2.30. The van der Waals surface area contributed by atoms with Gasteiger partial charge in [0.25, 0.3) is 0 Å². The largest absolute Gasteiger partial charge is 0.473 e. The van der Waals surface area contributed by atoms with Gasteiger partial charge in [-0.3, -0.25) is 4.68 Å². The Morgan fingerprint density at radius 2 is 2.47 bits per heavy atom. The second-order valence-electron chi connectivity index (χ2n) is 3.93. The Morgan fingerprint density at radius 1 is 1.53 bits per heavy atom. The Hall–Kier alpha value is -1.58. The quantitative estimate of drug-likeness (QED) is 0.602. The zero-order valence-electron chi connectivity index (χ0n) is 10.3. The van der Waals surface area contributed by atoms with E-state index in [0.717, 1.165) is 31.2 Å². The fraction of sp³-hybridized carbons (Fsp3) is 0.600. The van der Waals surface area contributed by atoms with Crippen molar-refractivity contribution < 1.29 is 9.84 Å². The van der Waals surface area contributed by atoms with E-state index in [1.807, 2.05) is 6.20 Å². The smallest absolute Gasteiger partial charge is 0.245 e. The van der Waals surface area contributed by atoms with Crippen LogP contribution in [0.3, 0.4) is 0 Å². The topological polar surface area (TPSA) is 98.0 Å². The number of nitrogens with one attached hydrogen (secondary N) is 1. The van der Waals surface area contributed by atoms with Crippen molar-refractivity contribution >= 4 is 11.7 Å². The van der Waals surface area contributed by atoms with Crippen LogP contribution >= 0.6 is 11.7 Å². The molecule has 0 bridgehead atoms. The van der Waals surface area contributed by atoms with Crippen molar-refractivity contribution in [1.29, 1.82) is 0 Å². The van der Waals surface area contributed by atoms with E-state index in [0.29, 0.717) is 12.4 Å². The average molecular weight is 284 g/mol. The van der Waals surface area contributed by atoms with Crippen molar-refractivity contribution in [3.8, 4) is 5.88 Å². The fourth-order valence-corrected chi connectivity index (χ4v) is 1.81. The maximum atomic E-state index is 9.67. The lowest BCUT2D eigenvalue weighted by Crippen LogP contribution is -2.32. The summed E-state index contributed by atoms with van der Waals surface area (Å²) in [5, 5.41) is 20.4. The SMILES string of the molecule is OC(CNCCCn1ccnn1)COc1cnsn1. The molecule has 0 aliphatic heterocycles. The van der Waals surface area contributed by atoms with Crippen LogP contribution in [-0.4, -0.2) is 54.6 Å². The van der Waals surface area contributed by atoms with E-state index in [1.54, 1.807) is 10.9 Å². The molecule has 2 N–H and O–H groups in total. The number of hydrogen-bond acceptors (Lipinski definition) is 8. The van der Waals surface area contributed by atoms with Crippen molar-refractivity contribution in [2.24, 2.45) is 0 Å². The minimum atomic E-state index is -0.562. The first kappa shape index (κ1) is 13.8. The molecular weight excluding hydrogens is 268 g/mol. The summed E-state index contributed by atoms with van der Waals surface area (Å²) in [6.07, 6.45) is 5.37. The predicted molar refractivity (Wildman–Crippen MR) is 68.9 cm³/mol. The summed E-state index contributed by atoms with van der Waals surface area (Å²) in [7, 11) is 0. The average Bonchev–Trinajstić information content (AvgIpc) is 3.09. The monoisotopic (exact) mass is 284 g/mol. The molecule has 2 rings (SSSR count). The van der Waals surface area contributed by atoms with Gasteiger partial charge in [0.15, 0.2) is 0 Å². The molecule has 0 spiro atoms. The zero-order valence-corrected chi connectivity index (χ0v) is 11.2. The number of aliphatic hydroxyl groups is 1. The Morgan fingerprint density at radius 3 is 3.21 bits per heavy atom. The number of aromatic nitrogens is 5. The van der Waals surface area contributed by atoms with Crippen LogP contribution in [-0.2, 0) is 6.54 Å². The lowest BCUT2D eigenvalue weighted by Gasteiger charge is -2.11. The molecule has 0 aliphatic carbocycles. The number of nitrogens with zero attached hydrogens (tertiary/aromatic N) is 5. The van der Waals surface area contributed by atoms with E-state index < -0.39 is 6.10 Å². The van der Waals surface area contributed by atoms with Crippen LogP contribution in [0.15, 0.2) is 18.6 Å². The first-order valence-corrected chi connectivity index (χ1v) is 6.71. The minimum Gasteiger partial charge on any atom is -0.473 e. The number of aliphatic hydroxyl groups excluding tert-OH is 1. The van der Waals surface area contributed by atoms with Crippen molar-refractivity contribution in [2.45, 2.75) is 19.1 Å². The highest BCUT2D eigenvalue weighted by Crippen LogP contribution is 2.04. The van der Waals surface area contributed by atoms with Crippen LogP contribution < -0.4 is 10.1 Å². The van der Waals surface area contributed by atoms with Crippen molar-refractivity contribution in [1.82, 2.24) is 29.1 Å². The van der Waals surface area contributed by atoms with Gasteiger partial charge < -0.3 is 15.2 Å². The second-order valence-corrected chi connectivity index (χ2v) is 4.49. The third-order valence-corrected chi connectivity index (χ3v) is 2.82. The summed E-state index contributed by atoms with van der Waals surface area (Å²) < 4.78 is 14.7. The Labute approximate surface area is 114 Å². The molecular formula is C10H16N6O2S. The van der Waals surface area contributed by atoms with E-state index in [9.17, 15) is 5.11 Å². The molecule has 0 radical (unpaired) electrons. The highest BCUT2D eigenvalue weighted by molar-refractivity contribution is 6.99. The number of aryl methyl sites for hydroxylation is 1. The molecule has 1 unspecified atom stereocenters. The Bertz CT molecular complexity index is 435. The van der Waals surface area contributed by atoms with Crippen molar-refractivity contribution in [3.63, 3.8) is 0 Å². The Kier molecular flexibility index (Phi) is 5.66. The lowest BCUT2D eigenvalue weighted by molar-refractivity contribution is 0.104. The number of ether oxygens (including phenoxy) is 1. The maximum Gasteiger partial charge on any atom is 0.245 e. The third-order valence-electron chi connectivity index (χ3n) is 2.36. The zero-order chi connectivity index (χ0) is 13.3. The van der Waals surface area contributed by atoms with Gasteiger partial charge in [0, 0.05) is 19.3 Å². The molecule has 9 heteroatoms. The van der Waals surface area contributed by atoms with E-state index in [1.165, 1.54) is 6.20 Å². The Balaban J connectivity index is 1.48. The van der Waals surface area contributed by atoms with Crippen molar-refractivity contribution in [3.05, 3.63) is 18.6 Å². The number of rotatable bonds is 9. The van der Waals surface area contributed by atoms with Crippen LogP contribution in [0, 0.1) is 0 Å². The third kappa shape index (κ3) is 5.28. The fourth-order valence-electron chi connectivity index (χ4n) is 1.45. The molecule has 104 valence electrons. The maximum absolute atomic E-state index is 9.67. The summed E-state index contributed by atoms with van der Waals surface area (Å²) >= 11 is 1.08. The van der Waals surface area contributed by atoms with Crippen LogP contribution in [0.5, 0.6) is 5.88 Å². The second kappa shape index (κ2) is 7.77.